The molecule has 0 radical (unpaired) electrons. The molecule has 0 aliphatic rings. The number of nitrogens with one attached hydrogen (secondary N) is 1. The van der Waals surface area contributed by atoms with Crippen molar-refractivity contribution in [2.45, 2.75) is 19.5 Å². The van der Waals surface area contributed by atoms with E-state index in [0.717, 1.165) is 21.4 Å². The smallest absolute Gasteiger partial charge is 0.169 e. The summed E-state index contributed by atoms with van der Waals surface area (Å²) in [5.41, 5.74) is 1.25. The Morgan fingerprint density at radius 2 is 2.06 bits per heavy atom. The standard InChI is InChI=1S/C13H13Br2NO/c1-9(12-5-6-13(15)17-12)16-8-10-3-2-4-11(14)7-10/h2-7,9,16H,8H2,1H3. The highest BCUT2D eigenvalue weighted by molar-refractivity contribution is 9.10. The maximum atomic E-state index is 5.50. The lowest BCUT2D eigenvalue weighted by atomic mass is 10.2. The Morgan fingerprint density at radius 1 is 1.24 bits per heavy atom. The molecule has 0 spiro atoms. The number of halogens is 2. The summed E-state index contributed by atoms with van der Waals surface area (Å²) in [5.74, 6) is 0.937. The van der Waals surface area contributed by atoms with Gasteiger partial charge in [-0.1, -0.05) is 28.1 Å². The Labute approximate surface area is 118 Å². The minimum absolute atomic E-state index is 0.195. The van der Waals surface area contributed by atoms with E-state index in [-0.39, 0.29) is 6.04 Å². The van der Waals surface area contributed by atoms with Gasteiger partial charge in [0.15, 0.2) is 4.67 Å². The normalized spacial score (nSPS) is 12.6. The van der Waals surface area contributed by atoms with E-state index in [0.29, 0.717) is 0 Å². The minimum atomic E-state index is 0.195. The first-order chi connectivity index (χ1) is 8.15. The molecule has 0 bridgehead atoms. The van der Waals surface area contributed by atoms with Crippen molar-refractivity contribution in [3.63, 3.8) is 0 Å². The van der Waals surface area contributed by atoms with Gasteiger partial charge in [0.1, 0.15) is 5.76 Å². The summed E-state index contributed by atoms with van der Waals surface area (Å²) < 4.78 is 7.37. The lowest BCUT2D eigenvalue weighted by Crippen LogP contribution is -2.17. The van der Waals surface area contributed by atoms with Gasteiger partial charge < -0.3 is 9.73 Å². The molecule has 4 heteroatoms. The van der Waals surface area contributed by atoms with E-state index in [9.17, 15) is 0 Å². The predicted molar refractivity (Wildman–Crippen MR) is 75.8 cm³/mol. The first-order valence-electron chi connectivity index (χ1n) is 5.38. The molecular weight excluding hydrogens is 346 g/mol. The summed E-state index contributed by atoms with van der Waals surface area (Å²) >= 11 is 6.77. The maximum absolute atomic E-state index is 5.50. The second-order valence-corrected chi connectivity index (χ2v) is 5.57. The highest BCUT2D eigenvalue weighted by atomic mass is 79.9. The van der Waals surface area contributed by atoms with Gasteiger partial charge in [0, 0.05) is 11.0 Å². The first kappa shape index (κ1) is 12.9. The number of hydrogen-bond acceptors (Lipinski definition) is 2. The van der Waals surface area contributed by atoms with Crippen LogP contribution in [0.25, 0.3) is 0 Å². The fourth-order valence-corrected chi connectivity index (χ4v) is 2.35. The van der Waals surface area contributed by atoms with Crippen LogP contribution in [-0.4, -0.2) is 0 Å². The van der Waals surface area contributed by atoms with Crippen molar-refractivity contribution in [3.05, 3.63) is 56.9 Å². The van der Waals surface area contributed by atoms with Crippen LogP contribution in [0.5, 0.6) is 0 Å². The van der Waals surface area contributed by atoms with Crippen LogP contribution in [-0.2, 0) is 6.54 Å². The van der Waals surface area contributed by atoms with Gasteiger partial charge in [0.2, 0.25) is 0 Å². The molecule has 0 saturated carbocycles. The molecule has 1 heterocycles. The monoisotopic (exact) mass is 357 g/mol. The number of benzene rings is 1. The van der Waals surface area contributed by atoms with Crippen LogP contribution in [0.4, 0.5) is 0 Å². The third kappa shape index (κ3) is 3.69. The SMILES string of the molecule is CC(NCc1cccc(Br)c1)c1ccc(Br)o1. The van der Waals surface area contributed by atoms with E-state index < -0.39 is 0 Å². The van der Waals surface area contributed by atoms with E-state index in [4.69, 9.17) is 4.42 Å². The van der Waals surface area contributed by atoms with Crippen LogP contribution in [0.2, 0.25) is 0 Å². The predicted octanol–water partition coefficient (Wildman–Crippen LogP) is 4.66. The van der Waals surface area contributed by atoms with Gasteiger partial charge in [0.25, 0.3) is 0 Å². The van der Waals surface area contributed by atoms with Crippen LogP contribution in [0.15, 0.2) is 50.0 Å². The molecule has 1 unspecified atom stereocenters. The molecule has 0 aliphatic heterocycles. The molecule has 1 aromatic carbocycles. The minimum Gasteiger partial charge on any atom is -0.453 e. The molecular formula is C13H13Br2NO. The average molecular weight is 359 g/mol. The Balaban J connectivity index is 1.94. The number of furan rings is 1. The molecule has 2 aromatic rings. The molecule has 1 aromatic heterocycles. The summed E-state index contributed by atoms with van der Waals surface area (Å²) in [5, 5.41) is 3.42. The largest absolute Gasteiger partial charge is 0.453 e. The molecule has 17 heavy (non-hydrogen) atoms. The van der Waals surface area contributed by atoms with Gasteiger partial charge in [-0.2, -0.15) is 0 Å². The zero-order valence-electron chi connectivity index (χ0n) is 9.41. The fourth-order valence-electron chi connectivity index (χ4n) is 1.58. The Morgan fingerprint density at radius 3 is 2.71 bits per heavy atom. The topological polar surface area (TPSA) is 25.2 Å². The second kappa shape index (κ2) is 5.85. The quantitative estimate of drug-likeness (QED) is 0.860. The summed E-state index contributed by atoms with van der Waals surface area (Å²) in [6, 6.07) is 12.3. The zero-order chi connectivity index (χ0) is 12.3. The first-order valence-corrected chi connectivity index (χ1v) is 6.97. The summed E-state index contributed by atoms with van der Waals surface area (Å²) in [7, 11) is 0. The molecule has 0 amide bonds. The van der Waals surface area contributed by atoms with Gasteiger partial charge in [-0.15, -0.1) is 0 Å². The molecule has 0 saturated heterocycles. The molecule has 2 rings (SSSR count). The van der Waals surface area contributed by atoms with E-state index in [1.165, 1.54) is 5.56 Å². The molecule has 2 nitrogen and oxygen atoms in total. The lowest BCUT2D eigenvalue weighted by Gasteiger charge is -2.11. The second-order valence-electron chi connectivity index (χ2n) is 3.87. The van der Waals surface area contributed by atoms with Crippen LogP contribution in [0.1, 0.15) is 24.3 Å². The van der Waals surface area contributed by atoms with Crippen molar-refractivity contribution in [2.75, 3.05) is 0 Å². The highest BCUT2D eigenvalue weighted by Crippen LogP contribution is 2.20. The molecule has 90 valence electrons. The summed E-state index contributed by atoms with van der Waals surface area (Å²) in [4.78, 5) is 0. The van der Waals surface area contributed by atoms with E-state index >= 15 is 0 Å². The van der Waals surface area contributed by atoms with Gasteiger partial charge in [-0.25, -0.2) is 0 Å². The van der Waals surface area contributed by atoms with Crippen molar-refractivity contribution in [3.8, 4) is 0 Å². The van der Waals surface area contributed by atoms with Gasteiger partial charge in [-0.3, -0.25) is 0 Å². The number of hydrogen-bond donors (Lipinski definition) is 1. The van der Waals surface area contributed by atoms with E-state index in [2.05, 4.69) is 56.2 Å². The van der Waals surface area contributed by atoms with Gasteiger partial charge in [-0.05, 0) is 52.7 Å². The highest BCUT2D eigenvalue weighted by Gasteiger charge is 2.08. The van der Waals surface area contributed by atoms with E-state index in [1.54, 1.807) is 0 Å². The van der Waals surface area contributed by atoms with Crippen LogP contribution in [0.3, 0.4) is 0 Å². The Hall–Kier alpha value is -0.580. The fraction of sp³-hybridized carbons (Fsp3) is 0.231. The molecule has 0 aliphatic carbocycles. The maximum Gasteiger partial charge on any atom is 0.169 e. The molecule has 0 fully saturated rings. The van der Waals surface area contributed by atoms with E-state index in [1.807, 2.05) is 24.3 Å². The molecule has 1 N–H and O–H groups in total. The third-order valence-electron chi connectivity index (χ3n) is 2.52. The Bertz CT molecular complexity index is 496. The van der Waals surface area contributed by atoms with Crippen LogP contribution in [0, 0.1) is 0 Å². The summed E-state index contributed by atoms with van der Waals surface area (Å²) in [6.45, 7) is 2.90. The zero-order valence-corrected chi connectivity index (χ0v) is 12.6. The van der Waals surface area contributed by atoms with Crippen LogP contribution < -0.4 is 5.32 Å². The van der Waals surface area contributed by atoms with Crippen molar-refractivity contribution in [1.82, 2.24) is 5.32 Å². The van der Waals surface area contributed by atoms with Crippen molar-refractivity contribution in [1.29, 1.82) is 0 Å². The van der Waals surface area contributed by atoms with Gasteiger partial charge in [0.05, 0.1) is 6.04 Å². The van der Waals surface area contributed by atoms with Crippen molar-refractivity contribution >= 4 is 31.9 Å². The van der Waals surface area contributed by atoms with Crippen molar-refractivity contribution in [2.24, 2.45) is 0 Å². The van der Waals surface area contributed by atoms with Crippen LogP contribution >= 0.6 is 31.9 Å². The van der Waals surface area contributed by atoms with Crippen molar-refractivity contribution < 1.29 is 4.42 Å². The third-order valence-corrected chi connectivity index (χ3v) is 3.44. The lowest BCUT2D eigenvalue weighted by molar-refractivity contribution is 0.418. The number of rotatable bonds is 4. The average Bonchev–Trinajstić information content (AvgIpc) is 2.73. The van der Waals surface area contributed by atoms with Gasteiger partial charge >= 0.3 is 0 Å². The molecule has 1 atom stereocenters. The summed E-state index contributed by atoms with van der Waals surface area (Å²) in [6.07, 6.45) is 0. The Kier molecular flexibility index (Phi) is 4.42.